The predicted molar refractivity (Wildman–Crippen MR) is 300 cm³/mol. The molecule has 0 aromatic rings. The van der Waals surface area contributed by atoms with Crippen molar-refractivity contribution in [1.29, 1.82) is 0 Å². The molecule has 6 N–H and O–H groups in total. The number of nitrogens with one attached hydrogen (secondary N) is 1. The van der Waals surface area contributed by atoms with E-state index >= 15 is 0 Å². The van der Waals surface area contributed by atoms with Gasteiger partial charge in [-0.1, -0.05) is 282 Å². The van der Waals surface area contributed by atoms with Crippen LogP contribution in [0.3, 0.4) is 0 Å². The number of amides is 1. The third-order valence-corrected chi connectivity index (χ3v) is 15.0. The highest BCUT2D eigenvalue weighted by molar-refractivity contribution is 5.76. The SMILES string of the molecule is CCCCCCCCC/C=C\CCCCCCCCCC(=O)NC(COC1OC(CO)C(O)C(O)C1O)C(O)/C=C/CCCCCCCCCCCCCCCCCCCCCCCCCCCCCC. The molecule has 0 aromatic heterocycles. The van der Waals surface area contributed by atoms with E-state index in [1.165, 1.54) is 250 Å². The first-order valence-corrected chi connectivity index (χ1v) is 31.1. The van der Waals surface area contributed by atoms with Crippen LogP contribution in [-0.2, 0) is 14.3 Å². The van der Waals surface area contributed by atoms with Gasteiger partial charge in [0.05, 0.1) is 25.4 Å². The van der Waals surface area contributed by atoms with E-state index in [0.29, 0.717) is 6.42 Å². The highest BCUT2D eigenvalue weighted by atomic mass is 16.7. The zero-order valence-corrected chi connectivity index (χ0v) is 46.8. The molecule has 7 atom stereocenters. The average Bonchev–Trinajstić information content (AvgIpc) is 3.37. The van der Waals surface area contributed by atoms with Crippen LogP contribution in [0.25, 0.3) is 0 Å². The van der Waals surface area contributed by atoms with Crippen molar-refractivity contribution in [3.63, 3.8) is 0 Å². The summed E-state index contributed by atoms with van der Waals surface area (Å²) < 4.78 is 11.3. The fraction of sp³-hybridized carbons (Fsp3) is 0.919. The molecular weight excluding hydrogens is 887 g/mol. The van der Waals surface area contributed by atoms with Gasteiger partial charge in [-0.25, -0.2) is 0 Å². The van der Waals surface area contributed by atoms with Crippen LogP contribution in [0.1, 0.15) is 309 Å². The summed E-state index contributed by atoms with van der Waals surface area (Å²) in [5, 5.41) is 54.6. The predicted octanol–water partition coefficient (Wildman–Crippen LogP) is 15.7. The summed E-state index contributed by atoms with van der Waals surface area (Å²) >= 11 is 0. The second-order valence-electron chi connectivity index (χ2n) is 21.9. The number of unbranched alkanes of at least 4 members (excludes halogenated alkanes) is 42. The van der Waals surface area contributed by atoms with Crippen molar-refractivity contribution in [2.75, 3.05) is 13.2 Å². The molecule has 1 fully saturated rings. The smallest absolute Gasteiger partial charge is 0.220 e. The Kier molecular flexibility index (Phi) is 49.7. The first kappa shape index (κ1) is 67.7. The van der Waals surface area contributed by atoms with Crippen molar-refractivity contribution in [3.8, 4) is 0 Å². The lowest BCUT2D eigenvalue weighted by Gasteiger charge is -2.40. The Hall–Kier alpha value is -1.33. The second-order valence-corrected chi connectivity index (χ2v) is 21.9. The van der Waals surface area contributed by atoms with Gasteiger partial charge in [0.2, 0.25) is 5.91 Å². The maximum atomic E-state index is 13.1. The Morgan fingerprint density at radius 2 is 0.789 bits per heavy atom. The Balaban J connectivity index is 2.16. The molecule has 1 aliphatic rings. The monoisotopic (exact) mass is 1010 g/mol. The van der Waals surface area contributed by atoms with Crippen LogP contribution < -0.4 is 5.32 Å². The number of carbonyl (C=O) groups is 1. The zero-order valence-electron chi connectivity index (χ0n) is 46.8. The third-order valence-electron chi connectivity index (χ3n) is 15.0. The molecule has 7 unspecified atom stereocenters. The van der Waals surface area contributed by atoms with Gasteiger partial charge in [0.1, 0.15) is 24.4 Å². The van der Waals surface area contributed by atoms with Crippen LogP contribution >= 0.6 is 0 Å². The van der Waals surface area contributed by atoms with Gasteiger partial charge in [-0.15, -0.1) is 0 Å². The molecule has 71 heavy (non-hydrogen) atoms. The van der Waals surface area contributed by atoms with Gasteiger partial charge in [-0.2, -0.15) is 0 Å². The molecule has 1 saturated heterocycles. The maximum absolute atomic E-state index is 13.1. The molecule has 9 nitrogen and oxygen atoms in total. The maximum Gasteiger partial charge on any atom is 0.220 e. The minimum atomic E-state index is -1.57. The van der Waals surface area contributed by atoms with Crippen molar-refractivity contribution in [2.24, 2.45) is 0 Å². The van der Waals surface area contributed by atoms with E-state index in [2.05, 4.69) is 31.3 Å². The summed E-state index contributed by atoms with van der Waals surface area (Å²) in [5.74, 6) is -0.177. The summed E-state index contributed by atoms with van der Waals surface area (Å²) in [4.78, 5) is 13.1. The van der Waals surface area contributed by atoms with Crippen molar-refractivity contribution in [3.05, 3.63) is 24.3 Å². The van der Waals surface area contributed by atoms with Crippen molar-refractivity contribution < 1.29 is 39.8 Å². The van der Waals surface area contributed by atoms with Crippen LogP contribution in [-0.4, -0.2) is 87.5 Å². The zero-order chi connectivity index (χ0) is 51.5. The van der Waals surface area contributed by atoms with Gasteiger partial charge in [0.25, 0.3) is 0 Å². The van der Waals surface area contributed by atoms with Crippen LogP contribution in [0.5, 0.6) is 0 Å². The lowest BCUT2D eigenvalue weighted by Crippen LogP contribution is -2.60. The van der Waals surface area contributed by atoms with E-state index < -0.39 is 49.5 Å². The molecule has 0 saturated carbocycles. The molecular formula is C62H119NO8. The lowest BCUT2D eigenvalue weighted by molar-refractivity contribution is -0.302. The van der Waals surface area contributed by atoms with E-state index in [1.807, 2.05) is 6.08 Å². The number of hydrogen-bond donors (Lipinski definition) is 6. The first-order chi connectivity index (χ1) is 34.8. The minimum absolute atomic E-state index is 0.177. The quantitative estimate of drug-likeness (QED) is 0.0261. The van der Waals surface area contributed by atoms with Gasteiger partial charge in [0.15, 0.2) is 6.29 Å². The average molecular weight is 1010 g/mol. The van der Waals surface area contributed by atoms with E-state index in [1.54, 1.807) is 6.08 Å². The minimum Gasteiger partial charge on any atom is -0.394 e. The van der Waals surface area contributed by atoms with Crippen LogP contribution in [0.15, 0.2) is 24.3 Å². The normalized spacial score (nSPS) is 19.3. The van der Waals surface area contributed by atoms with Gasteiger partial charge >= 0.3 is 0 Å². The standard InChI is InChI=1S/C62H119NO8/c1-3-5-7-9-11-13-15-17-19-21-23-24-25-26-27-28-29-30-31-32-33-34-35-37-39-41-43-45-47-49-51-56(65)55(54-70-62-61(69)60(68)59(67)57(53-64)71-62)63-58(66)52-50-48-46-44-42-40-38-36-22-20-18-16-14-12-10-8-6-4-2/h20,22,49,51,55-57,59-62,64-65,67-69H,3-19,21,23-48,50,52-54H2,1-2H3,(H,63,66)/b22-20-,51-49+. The van der Waals surface area contributed by atoms with Crippen molar-refractivity contribution in [1.82, 2.24) is 5.32 Å². The number of rotatable bonds is 54. The number of allylic oxidation sites excluding steroid dienone is 3. The second kappa shape index (κ2) is 52.1. The summed E-state index contributed by atoms with van der Waals surface area (Å²) in [7, 11) is 0. The van der Waals surface area contributed by atoms with Crippen LogP contribution in [0.2, 0.25) is 0 Å². The Morgan fingerprint density at radius 3 is 1.14 bits per heavy atom. The number of aliphatic hydroxyl groups excluding tert-OH is 5. The van der Waals surface area contributed by atoms with Crippen LogP contribution in [0, 0.1) is 0 Å². The molecule has 420 valence electrons. The number of carbonyl (C=O) groups excluding carboxylic acids is 1. The molecule has 1 rings (SSSR count). The molecule has 0 bridgehead atoms. The topological polar surface area (TPSA) is 149 Å². The van der Waals surface area contributed by atoms with Crippen molar-refractivity contribution >= 4 is 5.91 Å². The molecule has 0 aromatic carbocycles. The third kappa shape index (κ3) is 41.6. The summed E-state index contributed by atoms with van der Waals surface area (Å²) in [6.07, 6.45) is 59.8. The summed E-state index contributed by atoms with van der Waals surface area (Å²) in [5.41, 5.74) is 0. The molecule has 0 radical (unpaired) electrons. The Morgan fingerprint density at radius 1 is 0.465 bits per heavy atom. The van der Waals surface area contributed by atoms with E-state index in [0.717, 1.165) is 38.5 Å². The fourth-order valence-electron chi connectivity index (χ4n) is 10.1. The highest BCUT2D eigenvalue weighted by Gasteiger charge is 2.44. The van der Waals surface area contributed by atoms with E-state index in [9.17, 15) is 30.3 Å². The molecule has 0 aliphatic carbocycles. The molecule has 1 heterocycles. The first-order valence-electron chi connectivity index (χ1n) is 31.1. The van der Waals surface area contributed by atoms with Gasteiger partial charge < -0.3 is 40.3 Å². The van der Waals surface area contributed by atoms with Gasteiger partial charge in [-0.3, -0.25) is 4.79 Å². The van der Waals surface area contributed by atoms with Crippen LogP contribution in [0.4, 0.5) is 0 Å². The number of ether oxygens (including phenoxy) is 2. The van der Waals surface area contributed by atoms with Crippen molar-refractivity contribution in [2.45, 2.75) is 352 Å². The molecule has 9 heteroatoms. The Bertz CT molecular complexity index is 1170. The Labute approximate surface area is 439 Å². The van der Waals surface area contributed by atoms with Gasteiger partial charge in [-0.05, 0) is 44.9 Å². The largest absolute Gasteiger partial charge is 0.394 e. The summed E-state index contributed by atoms with van der Waals surface area (Å²) in [6, 6.07) is -0.806. The van der Waals surface area contributed by atoms with E-state index in [-0.39, 0.29) is 12.5 Å². The van der Waals surface area contributed by atoms with Gasteiger partial charge in [0, 0.05) is 6.42 Å². The molecule has 1 amide bonds. The lowest BCUT2D eigenvalue weighted by atomic mass is 9.99. The van der Waals surface area contributed by atoms with E-state index in [4.69, 9.17) is 9.47 Å². The molecule has 0 spiro atoms. The fourth-order valence-corrected chi connectivity index (χ4v) is 10.1. The highest BCUT2D eigenvalue weighted by Crippen LogP contribution is 2.23. The molecule has 1 aliphatic heterocycles. The number of aliphatic hydroxyl groups is 5. The summed E-state index contributed by atoms with van der Waals surface area (Å²) in [6.45, 7) is 3.81. The number of hydrogen-bond acceptors (Lipinski definition) is 8.